The average Bonchev–Trinajstić information content (AvgIpc) is 3.49. The SMILES string of the molecule is CC[C@H](C)[C@H](N)C(=O)N[C@@H](C)C(=O)N[C@@H](Cc1c[nH]c2ccccc12)C(=O)N[C@@H](Cc1ccc(O)cc1)C(=O)N[C@@H](CCCCN)C(=O)O. The Labute approximate surface area is 285 Å². The lowest BCUT2D eigenvalue weighted by atomic mass is 9.99. The van der Waals surface area contributed by atoms with Crippen LogP contribution in [0, 0.1) is 5.92 Å². The molecule has 3 rings (SSSR count). The van der Waals surface area contributed by atoms with Gasteiger partial charge in [-0.15, -0.1) is 0 Å². The number of phenols is 1. The fourth-order valence-electron chi connectivity index (χ4n) is 5.29. The molecule has 0 aliphatic heterocycles. The van der Waals surface area contributed by atoms with Crippen molar-refractivity contribution in [2.45, 2.75) is 89.5 Å². The van der Waals surface area contributed by atoms with Crippen LogP contribution >= 0.6 is 0 Å². The third-order valence-corrected chi connectivity index (χ3v) is 8.61. The maximum Gasteiger partial charge on any atom is 0.326 e. The van der Waals surface area contributed by atoms with Gasteiger partial charge >= 0.3 is 5.97 Å². The van der Waals surface area contributed by atoms with Crippen LogP contribution in [0.4, 0.5) is 0 Å². The summed E-state index contributed by atoms with van der Waals surface area (Å²) in [4.78, 5) is 68.8. The van der Waals surface area contributed by atoms with Gasteiger partial charge in [-0.2, -0.15) is 0 Å². The highest BCUT2D eigenvalue weighted by atomic mass is 16.4. The predicted molar refractivity (Wildman–Crippen MR) is 185 cm³/mol. The molecule has 0 aliphatic rings. The lowest BCUT2D eigenvalue weighted by Crippen LogP contribution is -2.59. The van der Waals surface area contributed by atoms with E-state index >= 15 is 0 Å². The molecule has 4 amide bonds. The second-order valence-electron chi connectivity index (χ2n) is 12.4. The fourth-order valence-corrected chi connectivity index (χ4v) is 5.29. The fraction of sp³-hybridized carbons (Fsp3) is 0.457. The van der Waals surface area contributed by atoms with Gasteiger partial charge in [-0.3, -0.25) is 19.2 Å². The molecule has 266 valence electrons. The highest BCUT2D eigenvalue weighted by molar-refractivity contribution is 5.96. The number of aromatic hydroxyl groups is 1. The van der Waals surface area contributed by atoms with Crippen molar-refractivity contribution >= 4 is 40.5 Å². The molecule has 6 atom stereocenters. The van der Waals surface area contributed by atoms with Crippen LogP contribution in [-0.4, -0.2) is 81.5 Å². The number of fused-ring (bicyclic) bond motifs is 1. The molecule has 3 aromatic rings. The minimum Gasteiger partial charge on any atom is -0.508 e. The number of aliphatic carboxylic acids is 1. The number of para-hydroxylation sites is 1. The van der Waals surface area contributed by atoms with Crippen molar-refractivity contribution in [3.63, 3.8) is 0 Å². The number of hydrogen-bond donors (Lipinski definition) is 9. The topological polar surface area (TPSA) is 242 Å². The standard InChI is InChI=1S/C35H49N7O7/c1-4-20(2)30(37)34(47)39-21(3)31(44)41-29(18-23-19-38-26-10-6-5-9-25(23)26)33(46)42-28(17-22-12-14-24(43)15-13-22)32(45)40-27(35(48)49)11-7-8-16-36/h5-6,9-10,12-15,19-21,27-30,38,43H,4,7-8,11,16-18,36-37H2,1-3H3,(H,39,47)(H,40,45)(H,41,44)(H,42,46)(H,48,49)/t20-,21-,27-,28-,29-,30-/m0/s1. The number of H-pyrrole nitrogens is 1. The Kier molecular flexibility index (Phi) is 14.6. The molecule has 14 heteroatoms. The summed E-state index contributed by atoms with van der Waals surface area (Å²) in [5.74, 6) is -3.93. The number of nitrogens with one attached hydrogen (secondary N) is 5. The van der Waals surface area contributed by atoms with Crippen LogP contribution < -0.4 is 32.7 Å². The molecule has 0 saturated carbocycles. The van der Waals surface area contributed by atoms with E-state index in [1.807, 2.05) is 38.1 Å². The lowest BCUT2D eigenvalue weighted by molar-refractivity contribution is -0.142. The second kappa shape index (κ2) is 18.6. The molecule has 0 bridgehead atoms. The number of aromatic amines is 1. The van der Waals surface area contributed by atoms with E-state index < -0.39 is 59.8 Å². The van der Waals surface area contributed by atoms with Crippen LogP contribution in [0.1, 0.15) is 57.6 Å². The van der Waals surface area contributed by atoms with Crippen LogP contribution in [0.25, 0.3) is 10.9 Å². The summed E-state index contributed by atoms with van der Waals surface area (Å²) in [6.07, 6.45) is 3.57. The first-order valence-electron chi connectivity index (χ1n) is 16.6. The van der Waals surface area contributed by atoms with Gasteiger partial charge in [0.2, 0.25) is 23.6 Å². The predicted octanol–water partition coefficient (Wildman–Crippen LogP) is 1.20. The Morgan fingerprint density at radius 2 is 1.41 bits per heavy atom. The van der Waals surface area contributed by atoms with Crippen LogP contribution in [-0.2, 0) is 36.8 Å². The lowest BCUT2D eigenvalue weighted by Gasteiger charge is -2.26. The van der Waals surface area contributed by atoms with Crippen molar-refractivity contribution in [2.75, 3.05) is 6.54 Å². The molecule has 2 aromatic carbocycles. The van der Waals surface area contributed by atoms with Crippen molar-refractivity contribution < 1.29 is 34.2 Å². The molecule has 0 saturated heterocycles. The normalized spacial score (nSPS) is 14.9. The number of carbonyl (C=O) groups excluding carboxylic acids is 4. The molecule has 0 radical (unpaired) electrons. The smallest absolute Gasteiger partial charge is 0.326 e. The number of unbranched alkanes of at least 4 members (excludes halogenated alkanes) is 1. The van der Waals surface area contributed by atoms with Gasteiger partial charge in [0.25, 0.3) is 0 Å². The number of amides is 4. The third kappa shape index (κ3) is 11.3. The summed E-state index contributed by atoms with van der Waals surface area (Å²) in [7, 11) is 0. The van der Waals surface area contributed by atoms with E-state index in [1.165, 1.54) is 19.1 Å². The zero-order chi connectivity index (χ0) is 36.1. The number of rotatable bonds is 19. The number of phenolic OH excluding ortho intramolecular Hbond substituents is 1. The molecule has 1 aromatic heterocycles. The van der Waals surface area contributed by atoms with Gasteiger partial charge < -0.3 is 47.9 Å². The molecule has 14 nitrogen and oxygen atoms in total. The summed E-state index contributed by atoms with van der Waals surface area (Å²) < 4.78 is 0. The van der Waals surface area contributed by atoms with Crippen LogP contribution in [0.3, 0.4) is 0 Å². The van der Waals surface area contributed by atoms with E-state index in [2.05, 4.69) is 26.3 Å². The Hall–Kier alpha value is -4.95. The van der Waals surface area contributed by atoms with Gasteiger partial charge in [0.05, 0.1) is 6.04 Å². The quantitative estimate of drug-likeness (QED) is 0.0826. The first-order valence-corrected chi connectivity index (χ1v) is 16.6. The van der Waals surface area contributed by atoms with Gasteiger partial charge in [-0.1, -0.05) is 50.6 Å². The van der Waals surface area contributed by atoms with Gasteiger partial charge in [0.1, 0.15) is 29.9 Å². The zero-order valence-electron chi connectivity index (χ0n) is 28.2. The highest BCUT2D eigenvalue weighted by Crippen LogP contribution is 2.20. The minimum atomic E-state index is -1.25. The van der Waals surface area contributed by atoms with Gasteiger partial charge in [-0.25, -0.2) is 4.79 Å². The third-order valence-electron chi connectivity index (χ3n) is 8.61. The molecule has 0 fully saturated rings. The highest BCUT2D eigenvalue weighted by Gasteiger charge is 2.32. The summed E-state index contributed by atoms with van der Waals surface area (Å²) in [5.41, 5.74) is 13.7. The van der Waals surface area contributed by atoms with Crippen molar-refractivity contribution in [3.05, 3.63) is 65.9 Å². The van der Waals surface area contributed by atoms with E-state index in [9.17, 15) is 34.2 Å². The molecular formula is C35H49N7O7. The number of carbonyl (C=O) groups is 5. The Morgan fingerprint density at radius 1 is 0.796 bits per heavy atom. The monoisotopic (exact) mass is 679 g/mol. The molecule has 49 heavy (non-hydrogen) atoms. The number of benzene rings is 2. The number of aromatic nitrogens is 1. The Morgan fingerprint density at radius 3 is 2.04 bits per heavy atom. The molecule has 1 heterocycles. The molecule has 0 unspecified atom stereocenters. The number of nitrogens with two attached hydrogens (primary N) is 2. The molecule has 0 spiro atoms. The summed E-state index contributed by atoms with van der Waals surface area (Å²) in [6, 6.07) is 7.93. The maximum atomic E-state index is 14.0. The molecule has 11 N–H and O–H groups in total. The second-order valence-corrected chi connectivity index (χ2v) is 12.4. The van der Waals surface area contributed by atoms with Gasteiger partial charge in [-0.05, 0) is 68.0 Å². The number of carboxylic acids is 1. The Bertz CT molecular complexity index is 1580. The first-order chi connectivity index (χ1) is 23.3. The van der Waals surface area contributed by atoms with Crippen LogP contribution in [0.15, 0.2) is 54.7 Å². The largest absolute Gasteiger partial charge is 0.508 e. The van der Waals surface area contributed by atoms with E-state index in [0.29, 0.717) is 31.4 Å². The average molecular weight is 680 g/mol. The van der Waals surface area contributed by atoms with Crippen molar-refractivity contribution in [1.82, 2.24) is 26.3 Å². The van der Waals surface area contributed by atoms with Crippen molar-refractivity contribution in [3.8, 4) is 5.75 Å². The molecule has 0 aliphatic carbocycles. The van der Waals surface area contributed by atoms with E-state index in [0.717, 1.165) is 16.5 Å². The molecular weight excluding hydrogens is 630 g/mol. The summed E-state index contributed by atoms with van der Waals surface area (Å²) in [5, 5.41) is 30.9. The van der Waals surface area contributed by atoms with E-state index in [1.54, 1.807) is 18.3 Å². The van der Waals surface area contributed by atoms with Crippen molar-refractivity contribution in [2.24, 2.45) is 17.4 Å². The van der Waals surface area contributed by atoms with Crippen LogP contribution in [0.2, 0.25) is 0 Å². The van der Waals surface area contributed by atoms with Gasteiger partial charge in [0, 0.05) is 29.9 Å². The zero-order valence-corrected chi connectivity index (χ0v) is 28.2. The van der Waals surface area contributed by atoms with E-state index in [-0.39, 0.29) is 30.9 Å². The summed E-state index contributed by atoms with van der Waals surface area (Å²) >= 11 is 0. The minimum absolute atomic E-state index is 0.00690. The summed E-state index contributed by atoms with van der Waals surface area (Å²) in [6.45, 7) is 5.59. The van der Waals surface area contributed by atoms with E-state index in [4.69, 9.17) is 11.5 Å². The Balaban J connectivity index is 1.89. The maximum absolute atomic E-state index is 14.0. The van der Waals surface area contributed by atoms with Gasteiger partial charge in [0.15, 0.2) is 0 Å². The number of hydrogen-bond acceptors (Lipinski definition) is 8. The number of carboxylic acid groups (broad SMARTS) is 1. The first kappa shape index (κ1) is 38.5. The van der Waals surface area contributed by atoms with Crippen molar-refractivity contribution in [1.29, 1.82) is 0 Å². The van der Waals surface area contributed by atoms with Crippen LogP contribution in [0.5, 0.6) is 5.75 Å².